The first-order chi connectivity index (χ1) is 19.5. The van der Waals surface area contributed by atoms with E-state index in [0.29, 0.717) is 40.7 Å². The van der Waals surface area contributed by atoms with Crippen molar-refractivity contribution in [2.45, 2.75) is 46.6 Å². The molecule has 41 heavy (non-hydrogen) atoms. The van der Waals surface area contributed by atoms with Gasteiger partial charge >= 0.3 is 11.9 Å². The number of hydrogen-bond acceptors (Lipinski definition) is 7. The van der Waals surface area contributed by atoms with Gasteiger partial charge in [-0.3, -0.25) is 9.59 Å². The molecule has 0 spiro atoms. The van der Waals surface area contributed by atoms with Crippen LogP contribution < -0.4 is 14.8 Å². The smallest absolute Gasteiger partial charge is 0.333 e. The van der Waals surface area contributed by atoms with Crippen molar-refractivity contribution in [2.75, 3.05) is 7.11 Å². The van der Waals surface area contributed by atoms with Crippen LogP contribution in [0.4, 0.5) is 8.78 Å². The summed E-state index contributed by atoms with van der Waals surface area (Å²) in [6.45, 7) is 6.41. The fourth-order valence-corrected chi connectivity index (χ4v) is 4.31. The van der Waals surface area contributed by atoms with E-state index < -0.39 is 35.5 Å². The van der Waals surface area contributed by atoms with E-state index in [2.05, 4.69) is 10.3 Å². The van der Waals surface area contributed by atoms with Gasteiger partial charge in [0.1, 0.15) is 23.4 Å². The van der Waals surface area contributed by atoms with E-state index >= 15 is 0 Å². The van der Waals surface area contributed by atoms with Crippen LogP contribution in [0.2, 0.25) is 0 Å². The minimum absolute atomic E-state index is 0.137. The molecule has 0 radical (unpaired) electrons. The molecule has 8 nitrogen and oxygen atoms in total. The second-order valence-electron chi connectivity index (χ2n) is 9.85. The standard InChI is InChI=1S/C31H30F2N2O6/c1-16-14-21(32)8-10-23(16)26(24-11-9-22(33)15-17(24)2)19(4)40-30(37)18(3)35-29(36)27-28(25(39-5)12-13-34-27)41-31(38)20-6-7-20/h8-15,18,20H,6-7H2,1-5H3,(H,35,36)/t18-/m0/s1. The van der Waals surface area contributed by atoms with Crippen molar-refractivity contribution in [3.05, 3.63) is 94.0 Å². The summed E-state index contributed by atoms with van der Waals surface area (Å²) in [5.74, 6) is -2.99. The van der Waals surface area contributed by atoms with Gasteiger partial charge in [-0.05, 0) is 87.1 Å². The number of carbonyl (C=O) groups is 3. The zero-order chi connectivity index (χ0) is 29.8. The van der Waals surface area contributed by atoms with Crippen molar-refractivity contribution < 1.29 is 37.4 Å². The Labute approximate surface area is 236 Å². The number of benzene rings is 2. The Bertz CT molecular complexity index is 1490. The van der Waals surface area contributed by atoms with Gasteiger partial charge < -0.3 is 19.5 Å². The second kappa shape index (κ2) is 12.3. The van der Waals surface area contributed by atoms with Crippen molar-refractivity contribution in [3.8, 4) is 11.5 Å². The van der Waals surface area contributed by atoms with Crippen LogP contribution in [0, 0.1) is 31.4 Å². The molecule has 2 aromatic carbocycles. The Morgan fingerprint density at radius 2 is 1.56 bits per heavy atom. The molecule has 0 aliphatic heterocycles. The van der Waals surface area contributed by atoms with Crippen molar-refractivity contribution in [3.63, 3.8) is 0 Å². The molecule has 1 aliphatic rings. The Kier molecular flexibility index (Phi) is 8.80. The quantitative estimate of drug-likeness (QED) is 0.273. The van der Waals surface area contributed by atoms with Gasteiger partial charge in [-0.2, -0.15) is 0 Å². The zero-order valence-corrected chi connectivity index (χ0v) is 23.3. The zero-order valence-electron chi connectivity index (χ0n) is 23.3. The molecule has 1 saturated carbocycles. The number of ether oxygens (including phenoxy) is 3. The molecular weight excluding hydrogens is 534 g/mol. The summed E-state index contributed by atoms with van der Waals surface area (Å²) in [5.41, 5.74) is 2.58. The van der Waals surface area contributed by atoms with Gasteiger partial charge in [-0.25, -0.2) is 18.6 Å². The molecule has 10 heteroatoms. The lowest BCUT2D eigenvalue weighted by Crippen LogP contribution is -2.40. The number of hydrogen-bond donors (Lipinski definition) is 1. The fourth-order valence-electron chi connectivity index (χ4n) is 4.31. The number of nitrogens with zero attached hydrogens (tertiary/aromatic N) is 1. The third-order valence-corrected chi connectivity index (χ3v) is 6.64. The van der Waals surface area contributed by atoms with Gasteiger partial charge in [0.25, 0.3) is 5.91 Å². The van der Waals surface area contributed by atoms with E-state index in [9.17, 15) is 23.2 Å². The Balaban J connectivity index is 1.60. The van der Waals surface area contributed by atoms with Gasteiger partial charge in [0.15, 0.2) is 11.4 Å². The molecule has 1 amide bonds. The van der Waals surface area contributed by atoms with Crippen LogP contribution in [-0.2, 0) is 14.3 Å². The van der Waals surface area contributed by atoms with Crippen LogP contribution >= 0.6 is 0 Å². The molecule has 4 rings (SSSR count). The number of carbonyl (C=O) groups excluding carboxylic acids is 3. The summed E-state index contributed by atoms with van der Waals surface area (Å²) in [7, 11) is 1.36. The Hall–Kier alpha value is -4.60. The SMILES string of the molecule is COc1ccnc(C(=O)N[C@@H](C)C(=O)OC(C)=C(c2ccc(F)cc2C)c2ccc(F)cc2C)c1OC(=O)C1CC1. The summed E-state index contributed by atoms with van der Waals surface area (Å²) in [6, 6.07) is 8.69. The van der Waals surface area contributed by atoms with Crippen molar-refractivity contribution in [2.24, 2.45) is 5.92 Å². The summed E-state index contributed by atoms with van der Waals surface area (Å²) < 4.78 is 44.1. The second-order valence-corrected chi connectivity index (χ2v) is 9.85. The molecule has 1 atom stereocenters. The molecule has 0 bridgehead atoms. The maximum absolute atomic E-state index is 13.9. The van der Waals surface area contributed by atoms with Gasteiger partial charge in [-0.15, -0.1) is 0 Å². The summed E-state index contributed by atoms with van der Waals surface area (Å²) in [5, 5.41) is 2.52. The van der Waals surface area contributed by atoms with Crippen LogP contribution in [0.3, 0.4) is 0 Å². The molecule has 0 saturated heterocycles. The van der Waals surface area contributed by atoms with Gasteiger partial charge in [0.05, 0.1) is 13.0 Å². The molecule has 0 unspecified atom stereocenters. The number of aromatic nitrogens is 1. The van der Waals surface area contributed by atoms with E-state index in [1.807, 2.05) is 0 Å². The summed E-state index contributed by atoms with van der Waals surface area (Å²) >= 11 is 0. The van der Waals surface area contributed by atoms with Crippen LogP contribution in [0.5, 0.6) is 11.5 Å². The number of aryl methyl sites for hydroxylation is 2. The Morgan fingerprint density at radius 3 is 2.07 bits per heavy atom. The number of methoxy groups -OCH3 is 1. The maximum Gasteiger partial charge on any atom is 0.333 e. The average Bonchev–Trinajstić information content (AvgIpc) is 3.77. The van der Waals surface area contributed by atoms with E-state index in [-0.39, 0.29) is 28.9 Å². The molecular formula is C31H30F2N2O6. The molecule has 214 valence electrons. The highest BCUT2D eigenvalue weighted by atomic mass is 19.1. The molecule has 1 aromatic heterocycles. The van der Waals surface area contributed by atoms with E-state index in [0.717, 1.165) is 0 Å². The molecule has 1 aliphatic carbocycles. The number of esters is 2. The topological polar surface area (TPSA) is 104 Å². The molecule has 1 heterocycles. The van der Waals surface area contributed by atoms with Crippen LogP contribution in [0.15, 0.2) is 54.4 Å². The predicted octanol–water partition coefficient (Wildman–Crippen LogP) is 5.44. The number of rotatable bonds is 9. The predicted molar refractivity (Wildman–Crippen MR) is 146 cm³/mol. The molecule has 1 N–H and O–H groups in total. The third-order valence-electron chi connectivity index (χ3n) is 6.64. The van der Waals surface area contributed by atoms with Gasteiger partial charge in [-0.1, -0.05) is 12.1 Å². The molecule has 3 aromatic rings. The first-order valence-electron chi connectivity index (χ1n) is 13.0. The molecule has 1 fully saturated rings. The van der Waals surface area contributed by atoms with Crippen molar-refractivity contribution in [1.82, 2.24) is 10.3 Å². The van der Waals surface area contributed by atoms with E-state index in [1.54, 1.807) is 32.9 Å². The summed E-state index contributed by atoms with van der Waals surface area (Å²) in [6.07, 6.45) is 2.73. The van der Waals surface area contributed by atoms with Crippen LogP contribution in [0.25, 0.3) is 5.57 Å². The highest BCUT2D eigenvalue weighted by Gasteiger charge is 2.34. The first kappa shape index (κ1) is 29.4. The fraction of sp³-hybridized carbons (Fsp3) is 0.290. The monoisotopic (exact) mass is 564 g/mol. The average molecular weight is 565 g/mol. The van der Waals surface area contributed by atoms with E-state index in [4.69, 9.17) is 14.2 Å². The number of amides is 1. The number of pyridine rings is 1. The number of nitrogens with one attached hydrogen (secondary N) is 1. The highest BCUT2D eigenvalue weighted by molar-refractivity contribution is 5.99. The maximum atomic E-state index is 13.9. The minimum Gasteiger partial charge on any atom is -0.493 e. The number of halogens is 2. The lowest BCUT2D eigenvalue weighted by Gasteiger charge is -2.19. The van der Waals surface area contributed by atoms with Gasteiger partial charge in [0, 0.05) is 17.8 Å². The normalized spacial score (nSPS) is 13.1. The minimum atomic E-state index is -1.15. The number of allylic oxidation sites excluding steroid dienone is 1. The van der Waals surface area contributed by atoms with Crippen LogP contribution in [-0.4, -0.2) is 36.0 Å². The lowest BCUT2D eigenvalue weighted by molar-refractivity contribution is -0.141. The first-order valence-corrected chi connectivity index (χ1v) is 13.0. The summed E-state index contributed by atoms with van der Waals surface area (Å²) in [4.78, 5) is 42.6. The van der Waals surface area contributed by atoms with E-state index in [1.165, 1.54) is 50.6 Å². The van der Waals surface area contributed by atoms with Gasteiger partial charge in [0.2, 0.25) is 5.75 Å². The lowest BCUT2D eigenvalue weighted by atomic mass is 9.90. The van der Waals surface area contributed by atoms with Crippen LogP contribution in [0.1, 0.15) is 59.4 Å². The highest BCUT2D eigenvalue weighted by Crippen LogP contribution is 2.35. The Morgan fingerprint density at radius 1 is 0.976 bits per heavy atom. The van der Waals surface area contributed by atoms with Crippen molar-refractivity contribution >= 4 is 23.4 Å². The third kappa shape index (κ3) is 6.77. The largest absolute Gasteiger partial charge is 0.493 e. The van der Waals surface area contributed by atoms with Crippen molar-refractivity contribution in [1.29, 1.82) is 0 Å².